The standard InChI is InChI=1S/C16H20ClNO3.CH4O/c1-15-12(7-8-17)14(20)18-16(15,10-21-15)9-13(19)11-5-3-2-4-6-11;1-2/h2-6,12-13,19H,7-10H2,1H3,(H,18,20);2H,1H3/t12-,13?,15-,16-;/m0./s1. The second-order valence-electron chi connectivity index (χ2n) is 6.13. The molecule has 2 heterocycles. The van der Waals surface area contributed by atoms with Gasteiger partial charge < -0.3 is 20.3 Å². The van der Waals surface area contributed by atoms with Crippen molar-refractivity contribution < 1.29 is 19.7 Å². The summed E-state index contributed by atoms with van der Waals surface area (Å²) >= 11 is 5.81. The Morgan fingerprint density at radius 2 is 2.04 bits per heavy atom. The average Bonchev–Trinajstić information content (AvgIpc) is 2.71. The first kappa shape index (κ1) is 18.2. The molecule has 0 bridgehead atoms. The fourth-order valence-electron chi connectivity index (χ4n) is 3.59. The van der Waals surface area contributed by atoms with Crippen LogP contribution in [-0.2, 0) is 9.53 Å². The average molecular weight is 342 g/mol. The highest BCUT2D eigenvalue weighted by Gasteiger charge is 2.69. The van der Waals surface area contributed by atoms with Crippen molar-refractivity contribution in [2.75, 3.05) is 19.6 Å². The second-order valence-corrected chi connectivity index (χ2v) is 6.51. The van der Waals surface area contributed by atoms with Gasteiger partial charge in [-0.2, -0.15) is 0 Å². The summed E-state index contributed by atoms with van der Waals surface area (Å²) < 4.78 is 5.76. The third-order valence-electron chi connectivity index (χ3n) is 5.04. The highest BCUT2D eigenvalue weighted by atomic mass is 35.5. The van der Waals surface area contributed by atoms with Crippen molar-refractivity contribution in [3.05, 3.63) is 35.9 Å². The topological polar surface area (TPSA) is 78.8 Å². The Balaban J connectivity index is 0.000000924. The van der Waals surface area contributed by atoms with Crippen molar-refractivity contribution in [2.45, 2.75) is 37.0 Å². The number of nitrogens with one attached hydrogen (secondary N) is 1. The van der Waals surface area contributed by atoms with Crippen LogP contribution < -0.4 is 5.32 Å². The zero-order valence-electron chi connectivity index (χ0n) is 13.5. The zero-order chi connectivity index (χ0) is 17.1. The summed E-state index contributed by atoms with van der Waals surface area (Å²) in [6.07, 6.45) is 0.426. The van der Waals surface area contributed by atoms with E-state index in [1.54, 1.807) is 0 Å². The third kappa shape index (κ3) is 2.98. The van der Waals surface area contributed by atoms with Gasteiger partial charge in [-0.25, -0.2) is 0 Å². The summed E-state index contributed by atoms with van der Waals surface area (Å²) in [7, 11) is 1.00. The molecule has 128 valence electrons. The van der Waals surface area contributed by atoms with Gasteiger partial charge in [0.1, 0.15) is 5.60 Å². The normalized spacial score (nSPS) is 32.9. The quantitative estimate of drug-likeness (QED) is 0.711. The van der Waals surface area contributed by atoms with Crippen molar-refractivity contribution in [1.82, 2.24) is 5.32 Å². The van der Waals surface area contributed by atoms with E-state index in [2.05, 4.69) is 5.32 Å². The Kier molecular flexibility index (Phi) is 5.68. The summed E-state index contributed by atoms with van der Waals surface area (Å²) in [6.45, 7) is 2.39. The SMILES string of the molecule is CO.C[C@@]12OC[C@]1(CC(O)c1ccccc1)NC(=O)[C@@H]2CCCl. The number of hydrogen-bond acceptors (Lipinski definition) is 4. The van der Waals surface area contributed by atoms with Gasteiger partial charge in [0.25, 0.3) is 0 Å². The third-order valence-corrected chi connectivity index (χ3v) is 5.25. The molecule has 23 heavy (non-hydrogen) atoms. The van der Waals surface area contributed by atoms with Crippen LogP contribution in [0.2, 0.25) is 0 Å². The molecule has 6 heteroatoms. The van der Waals surface area contributed by atoms with Gasteiger partial charge in [0.05, 0.1) is 24.2 Å². The predicted octanol–water partition coefficient (Wildman–Crippen LogP) is 1.62. The molecule has 1 unspecified atom stereocenters. The molecule has 2 saturated heterocycles. The first-order valence-corrected chi connectivity index (χ1v) is 8.25. The number of fused-ring (bicyclic) bond motifs is 1. The van der Waals surface area contributed by atoms with E-state index in [9.17, 15) is 9.90 Å². The van der Waals surface area contributed by atoms with Gasteiger partial charge in [0, 0.05) is 19.4 Å². The number of aliphatic hydroxyl groups excluding tert-OH is 2. The summed E-state index contributed by atoms with van der Waals surface area (Å²) in [5.41, 5.74) is -0.207. The molecule has 5 nitrogen and oxygen atoms in total. The molecule has 3 N–H and O–H groups in total. The van der Waals surface area contributed by atoms with E-state index in [0.717, 1.165) is 12.7 Å². The Bertz CT molecular complexity index is 541. The molecular formula is C17H24ClNO4. The zero-order valence-corrected chi connectivity index (χ0v) is 14.2. The lowest BCUT2D eigenvalue weighted by molar-refractivity contribution is -0.227. The largest absolute Gasteiger partial charge is 0.400 e. The number of rotatable bonds is 5. The van der Waals surface area contributed by atoms with Gasteiger partial charge in [0.2, 0.25) is 5.91 Å². The van der Waals surface area contributed by atoms with Gasteiger partial charge in [-0.05, 0) is 18.9 Å². The fraction of sp³-hybridized carbons (Fsp3) is 0.588. The smallest absolute Gasteiger partial charge is 0.226 e. The Labute approximate surface area is 141 Å². The van der Waals surface area contributed by atoms with Crippen LogP contribution >= 0.6 is 11.6 Å². The maximum absolute atomic E-state index is 12.2. The molecule has 3 rings (SSSR count). The lowest BCUT2D eigenvalue weighted by Gasteiger charge is -2.54. The van der Waals surface area contributed by atoms with Gasteiger partial charge in [-0.15, -0.1) is 11.6 Å². The Morgan fingerprint density at radius 1 is 1.39 bits per heavy atom. The maximum Gasteiger partial charge on any atom is 0.226 e. The van der Waals surface area contributed by atoms with Gasteiger partial charge in [0.15, 0.2) is 0 Å². The minimum Gasteiger partial charge on any atom is -0.400 e. The predicted molar refractivity (Wildman–Crippen MR) is 88.2 cm³/mol. The molecule has 1 aromatic rings. The van der Waals surface area contributed by atoms with Crippen LogP contribution in [0.3, 0.4) is 0 Å². The molecule has 0 spiro atoms. The van der Waals surface area contributed by atoms with Crippen LogP contribution in [0.25, 0.3) is 0 Å². The molecule has 0 aromatic heterocycles. The van der Waals surface area contributed by atoms with Crippen LogP contribution in [0.4, 0.5) is 0 Å². The van der Waals surface area contributed by atoms with E-state index < -0.39 is 17.2 Å². The molecule has 2 fully saturated rings. The molecule has 0 saturated carbocycles. The summed E-state index contributed by atoms with van der Waals surface area (Å²) in [4.78, 5) is 12.2. The van der Waals surface area contributed by atoms with E-state index >= 15 is 0 Å². The molecule has 2 aliphatic heterocycles. The van der Waals surface area contributed by atoms with Gasteiger partial charge in [-0.1, -0.05) is 30.3 Å². The van der Waals surface area contributed by atoms with Crippen LogP contribution in [0, 0.1) is 5.92 Å². The number of benzene rings is 1. The van der Waals surface area contributed by atoms with E-state index in [-0.39, 0.29) is 11.8 Å². The van der Waals surface area contributed by atoms with E-state index in [0.29, 0.717) is 25.3 Å². The lowest BCUT2D eigenvalue weighted by atomic mass is 9.68. The number of halogens is 1. The van der Waals surface area contributed by atoms with Crippen molar-refractivity contribution in [1.29, 1.82) is 0 Å². The van der Waals surface area contributed by atoms with Gasteiger partial charge >= 0.3 is 0 Å². The maximum atomic E-state index is 12.2. The van der Waals surface area contributed by atoms with Gasteiger partial charge in [-0.3, -0.25) is 4.79 Å². The first-order valence-electron chi connectivity index (χ1n) is 7.72. The van der Waals surface area contributed by atoms with Crippen LogP contribution in [-0.4, -0.2) is 46.9 Å². The Hall–Kier alpha value is -1.14. The summed E-state index contributed by atoms with van der Waals surface area (Å²) in [5, 5.41) is 20.5. The molecular weight excluding hydrogens is 318 g/mol. The van der Waals surface area contributed by atoms with Crippen molar-refractivity contribution in [2.24, 2.45) is 5.92 Å². The molecule has 1 aromatic carbocycles. The number of carbonyl (C=O) groups is 1. The number of ether oxygens (including phenoxy) is 1. The number of amides is 1. The lowest BCUT2D eigenvalue weighted by Crippen LogP contribution is -2.71. The van der Waals surface area contributed by atoms with E-state index in [4.69, 9.17) is 21.4 Å². The fourth-order valence-corrected chi connectivity index (χ4v) is 3.81. The molecule has 0 aliphatic carbocycles. The number of aliphatic hydroxyl groups is 2. The molecule has 2 aliphatic rings. The monoisotopic (exact) mass is 341 g/mol. The van der Waals surface area contributed by atoms with E-state index in [1.165, 1.54) is 0 Å². The van der Waals surface area contributed by atoms with E-state index in [1.807, 2.05) is 37.3 Å². The Morgan fingerprint density at radius 3 is 2.57 bits per heavy atom. The number of alkyl halides is 1. The van der Waals surface area contributed by atoms with Crippen LogP contribution in [0.1, 0.15) is 31.4 Å². The molecule has 0 radical (unpaired) electrons. The molecule has 1 amide bonds. The summed E-state index contributed by atoms with van der Waals surface area (Å²) in [5.74, 6) is 0.164. The number of carbonyl (C=O) groups excluding carboxylic acids is 1. The van der Waals surface area contributed by atoms with Crippen molar-refractivity contribution in [3.63, 3.8) is 0 Å². The van der Waals surface area contributed by atoms with Crippen LogP contribution in [0.15, 0.2) is 30.3 Å². The highest BCUT2D eigenvalue weighted by Crippen LogP contribution is 2.52. The highest BCUT2D eigenvalue weighted by molar-refractivity contribution is 6.18. The van der Waals surface area contributed by atoms with Crippen molar-refractivity contribution in [3.8, 4) is 0 Å². The first-order chi connectivity index (χ1) is 11.0. The second kappa shape index (κ2) is 7.18. The molecule has 4 atom stereocenters. The minimum absolute atomic E-state index is 0.0177. The van der Waals surface area contributed by atoms with Crippen molar-refractivity contribution >= 4 is 17.5 Å². The number of hydrogen-bond donors (Lipinski definition) is 3. The summed E-state index contributed by atoms with van der Waals surface area (Å²) in [6, 6.07) is 9.50. The van der Waals surface area contributed by atoms with Crippen LogP contribution in [0.5, 0.6) is 0 Å². The minimum atomic E-state index is -0.621.